The van der Waals surface area contributed by atoms with Crippen molar-refractivity contribution in [2.45, 2.75) is 19.1 Å². The number of aromatic nitrogens is 2. The van der Waals surface area contributed by atoms with Crippen LogP contribution in [0.2, 0.25) is 0 Å². The van der Waals surface area contributed by atoms with Crippen molar-refractivity contribution in [1.82, 2.24) is 14.5 Å². The largest absolute Gasteiger partial charge is 0.391 e. The number of benzene rings is 1. The third kappa shape index (κ3) is 3.13. The highest BCUT2D eigenvalue weighted by molar-refractivity contribution is 5.84. The number of carbonyl (C=O) groups is 1. The topological polar surface area (TPSA) is 58.4 Å². The molecule has 1 aliphatic heterocycles. The number of rotatable bonds is 3. The molecule has 25 heavy (non-hydrogen) atoms. The number of amides is 1. The minimum atomic E-state index is -0.419. The lowest BCUT2D eigenvalue weighted by Gasteiger charge is -2.16. The molecule has 1 saturated heterocycles. The van der Waals surface area contributed by atoms with E-state index in [2.05, 4.69) is 4.98 Å². The van der Waals surface area contributed by atoms with Crippen LogP contribution in [-0.4, -0.2) is 44.7 Å². The lowest BCUT2D eigenvalue weighted by molar-refractivity contribution is -0.131. The van der Waals surface area contributed by atoms with E-state index >= 15 is 0 Å². The molecule has 0 aliphatic carbocycles. The Labute approximate surface area is 144 Å². The Morgan fingerprint density at radius 1 is 1.24 bits per heavy atom. The summed E-state index contributed by atoms with van der Waals surface area (Å²) in [7, 11) is 0. The summed E-state index contributed by atoms with van der Waals surface area (Å²) in [5, 5.41) is 9.59. The standard InChI is InChI=1S/C19H18FN3O2/c20-15-3-1-13(2-4-15)14-9-18-17(21-10-14)6-8-22(18)12-19(25)23-7-5-16(24)11-23/h1-4,6,8-10,16,24H,5,7,11-12H2. The van der Waals surface area contributed by atoms with E-state index in [1.54, 1.807) is 23.2 Å². The zero-order chi connectivity index (χ0) is 17.4. The molecule has 1 atom stereocenters. The maximum Gasteiger partial charge on any atom is 0.242 e. The minimum absolute atomic E-state index is 0.0127. The molecule has 1 fully saturated rings. The molecule has 4 rings (SSSR count). The Morgan fingerprint density at radius 3 is 2.76 bits per heavy atom. The molecule has 1 amide bonds. The second-order valence-electron chi connectivity index (χ2n) is 6.36. The summed E-state index contributed by atoms with van der Waals surface area (Å²) in [6.45, 7) is 1.21. The molecule has 3 heterocycles. The first-order chi connectivity index (χ1) is 12.1. The molecule has 0 bridgehead atoms. The highest BCUT2D eigenvalue weighted by Crippen LogP contribution is 2.24. The number of nitrogens with zero attached hydrogens (tertiary/aromatic N) is 3. The Morgan fingerprint density at radius 2 is 2.04 bits per heavy atom. The molecule has 5 nitrogen and oxygen atoms in total. The van der Waals surface area contributed by atoms with E-state index in [9.17, 15) is 14.3 Å². The van der Waals surface area contributed by atoms with Gasteiger partial charge in [-0.05, 0) is 36.2 Å². The lowest BCUT2D eigenvalue weighted by atomic mass is 10.1. The first kappa shape index (κ1) is 15.8. The predicted octanol–water partition coefficient (Wildman–Crippen LogP) is 2.44. The third-order valence-electron chi connectivity index (χ3n) is 4.62. The first-order valence-corrected chi connectivity index (χ1v) is 8.27. The maximum absolute atomic E-state index is 13.1. The van der Waals surface area contributed by atoms with E-state index in [0.717, 1.165) is 22.2 Å². The minimum Gasteiger partial charge on any atom is -0.391 e. The van der Waals surface area contributed by atoms with Gasteiger partial charge in [0, 0.05) is 31.0 Å². The van der Waals surface area contributed by atoms with E-state index in [1.165, 1.54) is 12.1 Å². The first-order valence-electron chi connectivity index (χ1n) is 8.27. The summed E-state index contributed by atoms with van der Waals surface area (Å²) in [4.78, 5) is 18.6. The number of likely N-dealkylation sites (tertiary alicyclic amines) is 1. The number of hydrogen-bond donors (Lipinski definition) is 1. The summed E-state index contributed by atoms with van der Waals surface area (Å²) in [5.74, 6) is -0.291. The van der Waals surface area contributed by atoms with Crippen LogP contribution < -0.4 is 0 Å². The van der Waals surface area contributed by atoms with Crippen LogP contribution in [-0.2, 0) is 11.3 Å². The number of pyridine rings is 1. The predicted molar refractivity (Wildman–Crippen MR) is 92.3 cm³/mol. The van der Waals surface area contributed by atoms with Gasteiger partial charge in [0.15, 0.2) is 0 Å². The van der Waals surface area contributed by atoms with Crippen LogP contribution in [0.4, 0.5) is 4.39 Å². The number of fused-ring (bicyclic) bond motifs is 1. The van der Waals surface area contributed by atoms with Gasteiger partial charge in [0.05, 0.1) is 17.1 Å². The second-order valence-corrected chi connectivity index (χ2v) is 6.36. The molecule has 2 aromatic heterocycles. The zero-order valence-electron chi connectivity index (χ0n) is 13.6. The van der Waals surface area contributed by atoms with Gasteiger partial charge < -0.3 is 14.6 Å². The Bertz CT molecular complexity index is 920. The smallest absolute Gasteiger partial charge is 0.242 e. The summed E-state index contributed by atoms with van der Waals surface area (Å²) in [5.41, 5.74) is 3.41. The summed E-state index contributed by atoms with van der Waals surface area (Å²) < 4.78 is 15.0. The van der Waals surface area contributed by atoms with Crippen LogP contribution >= 0.6 is 0 Å². The van der Waals surface area contributed by atoms with Gasteiger partial charge in [0.2, 0.25) is 5.91 Å². The Balaban J connectivity index is 1.62. The van der Waals surface area contributed by atoms with Crippen LogP contribution in [0.25, 0.3) is 22.2 Å². The van der Waals surface area contributed by atoms with Gasteiger partial charge in [-0.1, -0.05) is 12.1 Å². The lowest BCUT2D eigenvalue weighted by Crippen LogP contribution is -2.32. The van der Waals surface area contributed by atoms with Gasteiger partial charge in [-0.2, -0.15) is 0 Å². The van der Waals surface area contributed by atoms with E-state index in [-0.39, 0.29) is 18.3 Å². The second kappa shape index (κ2) is 6.29. The van der Waals surface area contributed by atoms with Crippen LogP contribution in [0.5, 0.6) is 0 Å². The normalized spacial score (nSPS) is 17.4. The van der Waals surface area contributed by atoms with Crippen molar-refractivity contribution in [3.05, 3.63) is 54.6 Å². The monoisotopic (exact) mass is 339 g/mol. The quantitative estimate of drug-likeness (QED) is 0.797. The van der Waals surface area contributed by atoms with Gasteiger partial charge >= 0.3 is 0 Å². The highest BCUT2D eigenvalue weighted by Gasteiger charge is 2.24. The average Bonchev–Trinajstić information content (AvgIpc) is 3.22. The van der Waals surface area contributed by atoms with Crippen molar-refractivity contribution in [1.29, 1.82) is 0 Å². The number of hydrogen-bond acceptors (Lipinski definition) is 3. The highest BCUT2D eigenvalue weighted by atomic mass is 19.1. The van der Waals surface area contributed by atoms with Gasteiger partial charge in [-0.25, -0.2) is 4.39 Å². The maximum atomic E-state index is 13.1. The van der Waals surface area contributed by atoms with Crippen molar-refractivity contribution in [3.8, 4) is 11.1 Å². The molecule has 1 aromatic carbocycles. The summed E-state index contributed by atoms with van der Waals surface area (Å²) in [6, 6.07) is 10.1. The molecule has 1 aliphatic rings. The Hall–Kier alpha value is -2.73. The number of aliphatic hydroxyl groups is 1. The number of β-amino-alcohol motifs (C(OH)–C–C–N with tert-alkyl or cyclic N) is 1. The summed E-state index contributed by atoms with van der Waals surface area (Å²) in [6.07, 6.45) is 3.81. The van der Waals surface area contributed by atoms with Crippen molar-refractivity contribution >= 4 is 16.9 Å². The van der Waals surface area contributed by atoms with E-state index in [0.29, 0.717) is 19.5 Å². The van der Waals surface area contributed by atoms with E-state index < -0.39 is 6.10 Å². The molecule has 0 radical (unpaired) electrons. The van der Waals surface area contributed by atoms with Gasteiger partial charge in [0.25, 0.3) is 0 Å². The van der Waals surface area contributed by atoms with Crippen molar-refractivity contribution in [2.24, 2.45) is 0 Å². The molecule has 6 heteroatoms. The van der Waals surface area contributed by atoms with Crippen molar-refractivity contribution in [3.63, 3.8) is 0 Å². The molecule has 128 valence electrons. The summed E-state index contributed by atoms with van der Waals surface area (Å²) >= 11 is 0. The molecule has 0 spiro atoms. The Kier molecular flexibility index (Phi) is 3.97. The van der Waals surface area contributed by atoms with Gasteiger partial charge in [0.1, 0.15) is 12.4 Å². The molecule has 1 unspecified atom stereocenters. The zero-order valence-corrected chi connectivity index (χ0v) is 13.6. The number of carbonyl (C=O) groups excluding carboxylic acids is 1. The van der Waals surface area contributed by atoms with Crippen LogP contribution in [0, 0.1) is 5.82 Å². The number of halogens is 1. The average molecular weight is 339 g/mol. The molecule has 1 N–H and O–H groups in total. The van der Waals surface area contributed by atoms with Crippen LogP contribution in [0.1, 0.15) is 6.42 Å². The fourth-order valence-electron chi connectivity index (χ4n) is 3.22. The molecular formula is C19H18FN3O2. The van der Waals surface area contributed by atoms with Gasteiger partial charge in [-0.15, -0.1) is 0 Å². The van der Waals surface area contributed by atoms with E-state index in [4.69, 9.17) is 0 Å². The van der Waals surface area contributed by atoms with Crippen LogP contribution in [0.15, 0.2) is 48.8 Å². The molecular weight excluding hydrogens is 321 g/mol. The van der Waals surface area contributed by atoms with Crippen molar-refractivity contribution in [2.75, 3.05) is 13.1 Å². The molecule has 3 aromatic rings. The SMILES string of the molecule is O=C(Cn1ccc2ncc(-c3ccc(F)cc3)cc21)N1CCC(O)C1. The van der Waals surface area contributed by atoms with Crippen LogP contribution in [0.3, 0.4) is 0 Å². The fraction of sp³-hybridized carbons (Fsp3) is 0.263. The van der Waals surface area contributed by atoms with Gasteiger partial charge in [-0.3, -0.25) is 9.78 Å². The third-order valence-corrected chi connectivity index (χ3v) is 4.62. The fourth-order valence-corrected chi connectivity index (χ4v) is 3.22. The number of aliphatic hydroxyl groups excluding tert-OH is 1. The van der Waals surface area contributed by atoms with E-state index in [1.807, 2.05) is 22.9 Å². The van der Waals surface area contributed by atoms with Crippen molar-refractivity contribution < 1.29 is 14.3 Å². The molecule has 0 saturated carbocycles.